The van der Waals surface area contributed by atoms with Gasteiger partial charge in [-0.15, -0.1) is 23.2 Å². The number of carbonyl (C=O) groups is 5. The summed E-state index contributed by atoms with van der Waals surface area (Å²) in [6.45, 7) is 0. The molecule has 3 fully saturated rings. The third-order valence-corrected chi connectivity index (χ3v) is 10.3. The van der Waals surface area contributed by atoms with Gasteiger partial charge in [0.25, 0.3) is 11.8 Å². The Labute approximate surface area is 244 Å². The molecule has 2 N–H and O–H groups in total. The highest BCUT2D eigenvalue weighted by Gasteiger charge is 2.76. The second-order valence-corrected chi connectivity index (χ2v) is 12.0. The molecule has 0 bridgehead atoms. The number of halogens is 2. The fourth-order valence-corrected chi connectivity index (χ4v) is 8.07. The molecule has 10 nitrogen and oxygen atoms in total. The molecule has 12 heteroatoms. The topological polar surface area (TPSA) is 142 Å². The van der Waals surface area contributed by atoms with Gasteiger partial charge < -0.3 is 14.9 Å². The lowest BCUT2D eigenvalue weighted by molar-refractivity contribution is -0.138. The maximum absolute atomic E-state index is 14.0. The smallest absolute Gasteiger partial charge is 0.335 e. The highest BCUT2D eigenvalue weighted by molar-refractivity contribution is 6.53. The summed E-state index contributed by atoms with van der Waals surface area (Å²) in [7, 11) is 2.68. The number of nitrogens with zero attached hydrogens (tertiary/aromatic N) is 2. The van der Waals surface area contributed by atoms with Crippen molar-refractivity contribution in [2.24, 2.45) is 17.8 Å². The summed E-state index contributed by atoms with van der Waals surface area (Å²) in [6, 6.07) is 9.85. The number of fused-ring (bicyclic) bond motifs is 4. The van der Waals surface area contributed by atoms with Gasteiger partial charge in [-0.05, 0) is 43.0 Å². The zero-order valence-corrected chi connectivity index (χ0v) is 23.3. The van der Waals surface area contributed by atoms with Crippen molar-refractivity contribution in [1.82, 2.24) is 4.90 Å². The number of amides is 4. The first kappa shape index (κ1) is 27.3. The van der Waals surface area contributed by atoms with Crippen LogP contribution in [0.4, 0.5) is 5.69 Å². The predicted octanol–water partition coefficient (Wildman–Crippen LogP) is 3.29. The Hall–Kier alpha value is -3.89. The Morgan fingerprint density at radius 1 is 1.02 bits per heavy atom. The number of methoxy groups -OCH3 is 1. The van der Waals surface area contributed by atoms with Crippen LogP contribution in [0.3, 0.4) is 0 Å². The number of allylic oxidation sites excluding steroid dienone is 2. The van der Waals surface area contributed by atoms with Crippen LogP contribution in [0.2, 0.25) is 0 Å². The van der Waals surface area contributed by atoms with Crippen LogP contribution in [-0.2, 0) is 19.2 Å². The number of likely N-dealkylation sites (tertiary alicyclic amines) is 1. The van der Waals surface area contributed by atoms with Crippen molar-refractivity contribution in [1.29, 1.82) is 0 Å². The van der Waals surface area contributed by atoms with Gasteiger partial charge in [-0.25, -0.2) is 4.79 Å². The van der Waals surface area contributed by atoms with Crippen molar-refractivity contribution >= 4 is 58.5 Å². The van der Waals surface area contributed by atoms with E-state index in [1.807, 2.05) is 0 Å². The summed E-state index contributed by atoms with van der Waals surface area (Å²) in [5.41, 5.74) is 1.00. The van der Waals surface area contributed by atoms with Crippen molar-refractivity contribution in [2.75, 3.05) is 19.1 Å². The van der Waals surface area contributed by atoms with Crippen LogP contribution >= 0.6 is 23.2 Å². The minimum Gasteiger partial charge on any atom is -0.508 e. The number of carbonyl (C=O) groups excluding carboxylic acids is 4. The number of phenols is 1. The minimum atomic E-state index is -1.99. The maximum Gasteiger partial charge on any atom is 0.335 e. The van der Waals surface area contributed by atoms with E-state index in [0.717, 1.165) is 9.80 Å². The van der Waals surface area contributed by atoms with Gasteiger partial charge in [0.1, 0.15) is 11.5 Å². The number of benzene rings is 2. The average molecular weight is 599 g/mol. The number of carboxylic acid groups (broad SMARTS) is 1. The molecule has 0 radical (unpaired) electrons. The first-order valence-electron chi connectivity index (χ1n) is 12.8. The first-order chi connectivity index (χ1) is 19.4. The minimum absolute atomic E-state index is 0.0846. The molecule has 2 aliphatic heterocycles. The number of alkyl halides is 2. The van der Waals surface area contributed by atoms with Crippen LogP contribution in [0.25, 0.3) is 0 Å². The van der Waals surface area contributed by atoms with Crippen LogP contribution in [0.15, 0.2) is 54.1 Å². The largest absolute Gasteiger partial charge is 0.508 e. The number of hydrogen-bond donors (Lipinski definition) is 2. The maximum atomic E-state index is 14.0. The van der Waals surface area contributed by atoms with E-state index in [1.54, 1.807) is 6.08 Å². The van der Waals surface area contributed by atoms with E-state index in [1.165, 1.54) is 56.6 Å². The lowest BCUT2D eigenvalue weighted by Gasteiger charge is -2.51. The number of imide groups is 2. The highest BCUT2D eigenvalue weighted by Crippen LogP contribution is 2.66. The summed E-state index contributed by atoms with van der Waals surface area (Å²) in [5, 5.41) is 19.5. The Kier molecular flexibility index (Phi) is 6.03. The van der Waals surface area contributed by atoms with Gasteiger partial charge in [0.2, 0.25) is 11.8 Å². The number of ether oxygens (including phenoxy) is 1. The van der Waals surface area contributed by atoms with Crippen LogP contribution in [0, 0.1) is 17.8 Å². The molecular weight excluding hydrogens is 575 g/mol. The summed E-state index contributed by atoms with van der Waals surface area (Å²) >= 11 is 14.3. The van der Waals surface area contributed by atoms with E-state index < -0.39 is 63.0 Å². The standard InChI is InChI=1S/C29H24Cl2N2O8/c1-32-26(39)28(30)12-19-16(22(29(28,31)27(32)40)17-7-6-15(34)11-20(17)41-2)8-9-18-21(19)24(36)33(23(18)35)14-5-3-4-13(10-14)25(37)38/h3-8,10-11,18-19,21-22,34H,9,12H2,1-2H3,(H,37,38)/t18-,19+,21-,22+,28+,29-/m0/s1. The second kappa shape index (κ2) is 9.06. The number of anilines is 1. The molecule has 0 unspecified atom stereocenters. The van der Waals surface area contributed by atoms with Gasteiger partial charge in [0, 0.05) is 24.6 Å². The second-order valence-electron chi connectivity index (χ2n) is 10.8. The molecule has 1 saturated carbocycles. The number of aromatic hydroxyl groups is 1. The zero-order valence-electron chi connectivity index (χ0n) is 21.8. The van der Waals surface area contributed by atoms with Crippen LogP contribution in [-0.4, -0.2) is 68.6 Å². The van der Waals surface area contributed by atoms with Crippen molar-refractivity contribution in [3.05, 3.63) is 65.2 Å². The van der Waals surface area contributed by atoms with Gasteiger partial charge in [0.15, 0.2) is 9.75 Å². The molecule has 6 atom stereocenters. The normalized spacial score (nSPS) is 32.4. The molecule has 2 heterocycles. The number of carboxylic acids is 1. The average Bonchev–Trinajstić information content (AvgIpc) is 3.28. The van der Waals surface area contributed by atoms with E-state index >= 15 is 0 Å². The van der Waals surface area contributed by atoms with Crippen LogP contribution in [0.1, 0.15) is 34.7 Å². The monoisotopic (exact) mass is 598 g/mol. The van der Waals surface area contributed by atoms with E-state index in [2.05, 4.69) is 0 Å². The van der Waals surface area contributed by atoms with E-state index in [-0.39, 0.29) is 35.6 Å². The van der Waals surface area contributed by atoms with Crippen molar-refractivity contribution in [3.8, 4) is 11.5 Å². The third kappa shape index (κ3) is 3.47. The van der Waals surface area contributed by atoms with E-state index in [4.69, 9.17) is 27.9 Å². The number of hydrogen-bond acceptors (Lipinski definition) is 7. The Morgan fingerprint density at radius 2 is 1.76 bits per heavy atom. The summed E-state index contributed by atoms with van der Waals surface area (Å²) in [5.74, 6) is -7.09. The van der Waals surface area contributed by atoms with Gasteiger partial charge >= 0.3 is 5.97 Å². The van der Waals surface area contributed by atoms with Gasteiger partial charge in [-0.3, -0.25) is 29.0 Å². The Balaban J connectivity index is 1.52. The molecule has 2 saturated heterocycles. The molecule has 212 valence electrons. The molecule has 41 heavy (non-hydrogen) atoms. The summed E-state index contributed by atoms with van der Waals surface area (Å²) in [6.07, 6.45) is 1.74. The lowest BCUT2D eigenvalue weighted by atomic mass is 9.56. The number of rotatable bonds is 4. The fraction of sp³-hybridized carbons (Fsp3) is 0.345. The van der Waals surface area contributed by atoms with Crippen molar-refractivity contribution < 1.29 is 38.9 Å². The van der Waals surface area contributed by atoms with Crippen molar-refractivity contribution in [3.63, 3.8) is 0 Å². The Bertz CT molecular complexity index is 1610. The number of phenolic OH excluding ortho intramolecular Hbond substituents is 1. The molecule has 6 rings (SSSR count). The zero-order chi connectivity index (χ0) is 29.6. The quantitative estimate of drug-likeness (QED) is 0.310. The van der Waals surface area contributed by atoms with Gasteiger partial charge in [-0.2, -0.15) is 0 Å². The summed E-state index contributed by atoms with van der Waals surface area (Å²) < 4.78 is 5.53. The molecule has 4 aliphatic rings. The SMILES string of the molecule is COc1cc(O)ccc1[C@H]1C2=CC[C@@H]3C(=O)N(c4cccc(C(=O)O)c4)C(=O)[C@@H]3[C@@H]2C[C@@]2(Cl)C(=O)N(C)C(=O)[C@@]12Cl. The lowest BCUT2D eigenvalue weighted by Crippen LogP contribution is -2.60. The van der Waals surface area contributed by atoms with Crippen LogP contribution < -0.4 is 9.64 Å². The van der Waals surface area contributed by atoms with E-state index in [0.29, 0.717) is 11.1 Å². The highest BCUT2D eigenvalue weighted by atomic mass is 35.5. The predicted molar refractivity (Wildman–Crippen MR) is 146 cm³/mol. The summed E-state index contributed by atoms with van der Waals surface area (Å²) in [4.78, 5) is 64.3. The molecule has 2 aliphatic carbocycles. The van der Waals surface area contributed by atoms with Gasteiger partial charge in [0.05, 0.1) is 30.2 Å². The first-order valence-corrected chi connectivity index (χ1v) is 13.6. The fourth-order valence-electron chi connectivity index (χ4n) is 7.06. The molecule has 2 aromatic rings. The van der Waals surface area contributed by atoms with Crippen LogP contribution in [0.5, 0.6) is 11.5 Å². The molecule has 4 amide bonds. The Morgan fingerprint density at radius 3 is 2.44 bits per heavy atom. The van der Waals surface area contributed by atoms with Gasteiger partial charge in [-0.1, -0.05) is 23.8 Å². The molecule has 0 spiro atoms. The van der Waals surface area contributed by atoms with E-state index in [9.17, 15) is 34.2 Å². The van der Waals surface area contributed by atoms with Crippen molar-refractivity contribution in [2.45, 2.75) is 28.5 Å². The molecule has 0 aromatic heterocycles. The molecule has 2 aromatic carbocycles. The third-order valence-electron chi connectivity index (χ3n) is 8.89. The number of aromatic carboxylic acids is 1. The molecular formula is C29H24Cl2N2O8.